The molecule has 1 aliphatic rings. The van der Waals surface area contributed by atoms with Crippen LogP contribution in [-0.4, -0.2) is 0 Å². The van der Waals surface area contributed by atoms with Crippen molar-refractivity contribution in [3.63, 3.8) is 0 Å². The van der Waals surface area contributed by atoms with Crippen molar-refractivity contribution < 1.29 is 0 Å². The first-order valence-corrected chi connectivity index (χ1v) is 5.45. The number of allylic oxidation sites excluding steroid dienone is 3. The average Bonchev–Trinajstić information content (AvgIpc) is 2.05. The monoisotopic (exact) mass is 182 g/mol. The van der Waals surface area contributed by atoms with Gasteiger partial charge in [-0.05, 0) is 19.8 Å². The zero-order valence-electron chi connectivity index (χ0n) is 10.1. The van der Waals surface area contributed by atoms with E-state index in [4.69, 9.17) is 0 Å². The van der Waals surface area contributed by atoms with Crippen molar-refractivity contribution in [3.8, 4) is 0 Å². The zero-order valence-corrected chi connectivity index (χ0v) is 10.1. The minimum atomic E-state index is 1.06. The largest absolute Gasteiger partial charge is 0.0961 e. The lowest BCUT2D eigenvalue weighted by atomic mass is 9.88. The molecule has 0 heterocycles. The second-order valence-electron chi connectivity index (χ2n) is 3.38. The number of hydrogen-bond acceptors (Lipinski definition) is 0. The maximum atomic E-state index is 3.66. The van der Waals surface area contributed by atoms with Crippen LogP contribution in [0.5, 0.6) is 0 Å². The van der Waals surface area contributed by atoms with E-state index < -0.39 is 0 Å². The van der Waals surface area contributed by atoms with E-state index in [0.717, 1.165) is 11.5 Å². The van der Waals surface area contributed by atoms with Gasteiger partial charge in [-0.2, -0.15) is 0 Å². The van der Waals surface area contributed by atoms with Crippen LogP contribution >= 0.6 is 0 Å². The summed E-state index contributed by atoms with van der Waals surface area (Å²) in [5, 5.41) is 0. The summed E-state index contributed by atoms with van der Waals surface area (Å²) in [6.07, 6.45) is 8.41. The van der Waals surface area contributed by atoms with E-state index in [1.54, 1.807) is 0 Å². The minimum absolute atomic E-state index is 1.06. The Morgan fingerprint density at radius 1 is 1.31 bits per heavy atom. The van der Waals surface area contributed by atoms with Gasteiger partial charge in [0, 0.05) is 0 Å². The second kappa shape index (κ2) is 11.5. The molecule has 1 rings (SSSR count). The van der Waals surface area contributed by atoms with Crippen LogP contribution in [0.25, 0.3) is 0 Å². The summed E-state index contributed by atoms with van der Waals surface area (Å²) in [4.78, 5) is 0. The lowest BCUT2D eigenvalue weighted by Crippen LogP contribution is -2.04. The molecule has 0 heteroatoms. The van der Waals surface area contributed by atoms with Crippen molar-refractivity contribution in [1.29, 1.82) is 0 Å². The van der Waals surface area contributed by atoms with Gasteiger partial charge >= 0.3 is 0 Å². The Morgan fingerprint density at radius 3 is 1.69 bits per heavy atom. The standard InChI is InChI=1S/C6H10.C5H10.C2H6/c1-4-5-6(2)3;1-5-3-2-4-5;1-2/h4-5H,2H2,1,3H3;5H,2-4H2,1H3;1-2H3/b5-4-;;. The van der Waals surface area contributed by atoms with Crippen molar-refractivity contribution in [2.75, 3.05) is 0 Å². The van der Waals surface area contributed by atoms with Crippen LogP contribution in [0.2, 0.25) is 0 Å². The first-order valence-electron chi connectivity index (χ1n) is 5.45. The van der Waals surface area contributed by atoms with Gasteiger partial charge in [-0.3, -0.25) is 0 Å². The second-order valence-corrected chi connectivity index (χ2v) is 3.38. The van der Waals surface area contributed by atoms with Gasteiger partial charge in [-0.25, -0.2) is 0 Å². The molecule has 0 bridgehead atoms. The third-order valence-corrected chi connectivity index (χ3v) is 1.85. The van der Waals surface area contributed by atoms with Crippen LogP contribution in [-0.2, 0) is 0 Å². The molecular weight excluding hydrogens is 156 g/mol. The molecule has 1 fully saturated rings. The molecule has 0 nitrogen and oxygen atoms in total. The van der Waals surface area contributed by atoms with E-state index in [9.17, 15) is 0 Å². The molecule has 0 spiro atoms. The molecule has 0 atom stereocenters. The van der Waals surface area contributed by atoms with Crippen molar-refractivity contribution in [2.24, 2.45) is 5.92 Å². The Bertz CT molecular complexity index is 127. The van der Waals surface area contributed by atoms with E-state index in [1.807, 2.05) is 39.8 Å². The molecule has 78 valence electrons. The highest BCUT2D eigenvalue weighted by atomic mass is 14.1. The van der Waals surface area contributed by atoms with E-state index in [1.165, 1.54) is 19.3 Å². The number of rotatable bonds is 1. The highest BCUT2D eigenvalue weighted by Gasteiger charge is 2.09. The molecule has 0 aromatic heterocycles. The quantitative estimate of drug-likeness (QED) is 0.502. The summed E-state index contributed by atoms with van der Waals surface area (Å²) in [6.45, 7) is 13.9. The summed E-state index contributed by atoms with van der Waals surface area (Å²) < 4.78 is 0. The molecule has 0 N–H and O–H groups in total. The Labute approximate surface area is 84.7 Å². The molecule has 0 radical (unpaired) electrons. The first-order chi connectivity index (χ1) is 6.16. The molecule has 1 saturated carbocycles. The Morgan fingerprint density at radius 2 is 1.69 bits per heavy atom. The highest BCUT2D eigenvalue weighted by Crippen LogP contribution is 2.24. The summed E-state index contributed by atoms with van der Waals surface area (Å²) >= 11 is 0. The molecule has 0 aromatic carbocycles. The fraction of sp³-hybridized carbons (Fsp3) is 0.692. The summed E-state index contributed by atoms with van der Waals surface area (Å²) in [5.74, 6) is 1.06. The Balaban J connectivity index is 0. The summed E-state index contributed by atoms with van der Waals surface area (Å²) in [6, 6.07) is 0. The van der Waals surface area contributed by atoms with Gasteiger partial charge in [0.25, 0.3) is 0 Å². The molecule has 13 heavy (non-hydrogen) atoms. The molecule has 0 saturated heterocycles. The molecular formula is C13H26. The molecule has 0 amide bonds. The number of hydrogen-bond donors (Lipinski definition) is 0. The normalized spacial score (nSPS) is 14.8. The lowest BCUT2D eigenvalue weighted by molar-refractivity contribution is 0.346. The Hall–Kier alpha value is -0.520. The van der Waals surface area contributed by atoms with Crippen molar-refractivity contribution in [2.45, 2.75) is 53.9 Å². The van der Waals surface area contributed by atoms with Gasteiger partial charge < -0.3 is 0 Å². The van der Waals surface area contributed by atoms with E-state index in [0.29, 0.717) is 0 Å². The molecule has 1 aliphatic carbocycles. The van der Waals surface area contributed by atoms with E-state index in [-0.39, 0.29) is 0 Å². The van der Waals surface area contributed by atoms with Gasteiger partial charge in [0.05, 0.1) is 0 Å². The van der Waals surface area contributed by atoms with Gasteiger partial charge in [0.15, 0.2) is 0 Å². The van der Waals surface area contributed by atoms with Crippen LogP contribution in [0, 0.1) is 5.92 Å². The predicted molar refractivity (Wildman–Crippen MR) is 64.0 cm³/mol. The van der Waals surface area contributed by atoms with Crippen LogP contribution in [0.3, 0.4) is 0 Å². The third kappa shape index (κ3) is 14.3. The van der Waals surface area contributed by atoms with Gasteiger partial charge in [-0.1, -0.05) is 64.3 Å². The fourth-order valence-corrected chi connectivity index (χ4v) is 0.897. The smallest absolute Gasteiger partial charge is 0.0404 e. The minimum Gasteiger partial charge on any atom is -0.0961 e. The van der Waals surface area contributed by atoms with E-state index in [2.05, 4.69) is 13.5 Å². The van der Waals surface area contributed by atoms with Crippen LogP contribution in [0.15, 0.2) is 24.3 Å². The highest BCUT2D eigenvalue weighted by molar-refractivity contribution is 5.09. The third-order valence-electron chi connectivity index (χ3n) is 1.85. The SMILES string of the molecule is C=C(C)/C=C\C.CC.CC1CCC1. The van der Waals surface area contributed by atoms with Gasteiger partial charge in [0.1, 0.15) is 0 Å². The van der Waals surface area contributed by atoms with Crippen molar-refractivity contribution in [3.05, 3.63) is 24.3 Å². The molecule has 0 aromatic rings. The summed E-state index contributed by atoms with van der Waals surface area (Å²) in [7, 11) is 0. The van der Waals surface area contributed by atoms with Gasteiger partial charge in [-0.15, -0.1) is 0 Å². The maximum absolute atomic E-state index is 3.66. The van der Waals surface area contributed by atoms with Crippen LogP contribution in [0.4, 0.5) is 0 Å². The van der Waals surface area contributed by atoms with Gasteiger partial charge in [0.2, 0.25) is 0 Å². The molecule has 0 unspecified atom stereocenters. The van der Waals surface area contributed by atoms with Crippen LogP contribution < -0.4 is 0 Å². The average molecular weight is 182 g/mol. The Kier molecular flexibility index (Phi) is 13.2. The predicted octanol–water partition coefficient (Wildman–Crippen LogP) is 4.97. The summed E-state index contributed by atoms with van der Waals surface area (Å²) in [5.41, 5.74) is 1.11. The topological polar surface area (TPSA) is 0 Å². The van der Waals surface area contributed by atoms with E-state index >= 15 is 0 Å². The van der Waals surface area contributed by atoms with Crippen molar-refractivity contribution in [1.82, 2.24) is 0 Å². The van der Waals surface area contributed by atoms with Crippen LogP contribution in [0.1, 0.15) is 53.9 Å². The zero-order chi connectivity index (χ0) is 10.7. The first kappa shape index (κ1) is 15.0. The lowest BCUT2D eigenvalue weighted by Gasteiger charge is -2.18. The maximum Gasteiger partial charge on any atom is -0.0404 e. The fourth-order valence-electron chi connectivity index (χ4n) is 0.897. The molecule has 0 aliphatic heterocycles. The van der Waals surface area contributed by atoms with Crippen molar-refractivity contribution >= 4 is 0 Å².